The van der Waals surface area contributed by atoms with Gasteiger partial charge in [0.25, 0.3) is 0 Å². The van der Waals surface area contributed by atoms with Gasteiger partial charge in [0.15, 0.2) is 0 Å². The zero-order valence-electron chi connectivity index (χ0n) is 22.1. The Kier molecular flexibility index (Phi) is 8.41. The molecule has 2 aromatic carbocycles. The number of anilines is 1. The third kappa shape index (κ3) is 6.61. The van der Waals surface area contributed by atoms with E-state index in [4.69, 9.17) is 4.74 Å². The lowest BCUT2D eigenvalue weighted by Crippen LogP contribution is -2.44. The summed E-state index contributed by atoms with van der Waals surface area (Å²) in [5.74, 6) is -0.337. The van der Waals surface area contributed by atoms with E-state index in [1.165, 1.54) is 16.4 Å². The largest absolute Gasteiger partial charge is 0.480 e. The molecule has 1 unspecified atom stereocenters. The Morgan fingerprint density at radius 1 is 0.976 bits per heavy atom. The first-order valence-corrected chi connectivity index (χ1v) is 14.6. The molecule has 2 aromatic heterocycles. The summed E-state index contributed by atoms with van der Waals surface area (Å²) in [6.07, 6.45) is 7.52. The molecule has 0 radical (unpaired) electrons. The number of ether oxygens (including phenoxy) is 1. The number of sulfonamides is 1. The van der Waals surface area contributed by atoms with Crippen molar-refractivity contribution in [2.24, 2.45) is 0 Å². The molecule has 4 aromatic rings. The van der Waals surface area contributed by atoms with Crippen LogP contribution in [0.4, 0.5) is 10.5 Å². The van der Waals surface area contributed by atoms with Crippen LogP contribution in [0.3, 0.4) is 0 Å². The molecule has 41 heavy (non-hydrogen) atoms. The summed E-state index contributed by atoms with van der Waals surface area (Å²) in [5, 5.41) is 16.4. The molecule has 3 heterocycles. The van der Waals surface area contributed by atoms with Gasteiger partial charge in [0.05, 0.1) is 11.1 Å². The number of nitrogens with one attached hydrogen (secondary N) is 2. The van der Waals surface area contributed by atoms with Crippen molar-refractivity contribution >= 4 is 38.5 Å². The van der Waals surface area contributed by atoms with Gasteiger partial charge in [-0.05, 0) is 60.2 Å². The molecule has 5 rings (SSSR count). The topological polar surface area (TPSA) is 151 Å². The molecule has 11 nitrogen and oxygen atoms in total. The summed E-state index contributed by atoms with van der Waals surface area (Å²) >= 11 is 0. The Morgan fingerprint density at radius 3 is 2.46 bits per heavy atom. The van der Waals surface area contributed by atoms with Gasteiger partial charge in [-0.15, -0.1) is 0 Å². The molecule has 0 bridgehead atoms. The Morgan fingerprint density at radius 2 is 1.71 bits per heavy atom. The highest BCUT2D eigenvalue weighted by atomic mass is 32.2. The predicted octanol–water partition coefficient (Wildman–Crippen LogP) is 4.41. The van der Waals surface area contributed by atoms with Crippen molar-refractivity contribution in [3.05, 3.63) is 84.8 Å². The quantitative estimate of drug-likeness (QED) is 0.265. The Balaban J connectivity index is 1.24. The number of nitrogens with zero attached hydrogens (tertiary/aromatic N) is 3. The predicted molar refractivity (Wildman–Crippen MR) is 152 cm³/mol. The summed E-state index contributed by atoms with van der Waals surface area (Å²) < 4.78 is 33.7. The van der Waals surface area contributed by atoms with Gasteiger partial charge >= 0.3 is 12.0 Å². The maximum absolute atomic E-state index is 13.2. The molecule has 3 N–H and O–H groups in total. The van der Waals surface area contributed by atoms with Crippen LogP contribution in [0, 0.1) is 0 Å². The van der Waals surface area contributed by atoms with Crippen molar-refractivity contribution in [3.8, 4) is 11.6 Å². The van der Waals surface area contributed by atoms with Crippen LogP contribution < -0.4 is 15.4 Å². The molecule has 12 heteroatoms. The average Bonchev–Trinajstić information content (AvgIpc) is 2.98. The molecule has 212 valence electrons. The zero-order valence-corrected chi connectivity index (χ0v) is 22.9. The molecule has 2 amide bonds. The van der Waals surface area contributed by atoms with Gasteiger partial charge in [0.1, 0.15) is 16.7 Å². The molecule has 1 aliphatic rings. The fraction of sp³-hybridized carbons (Fsp3) is 0.241. The molecule has 1 saturated heterocycles. The van der Waals surface area contributed by atoms with Gasteiger partial charge in [-0.3, -0.25) is 4.98 Å². The lowest BCUT2D eigenvalue weighted by atomic mass is 10.1. The summed E-state index contributed by atoms with van der Waals surface area (Å²) in [5.41, 5.74) is 0.726. The van der Waals surface area contributed by atoms with E-state index in [0.29, 0.717) is 30.3 Å². The lowest BCUT2D eigenvalue weighted by Gasteiger charge is -2.27. The average molecular weight is 576 g/mol. The van der Waals surface area contributed by atoms with Crippen LogP contribution >= 0.6 is 0 Å². The second-order valence-corrected chi connectivity index (χ2v) is 11.5. The number of urea groups is 1. The molecule has 0 saturated carbocycles. The minimum atomic E-state index is -3.82. The molecule has 1 aliphatic heterocycles. The van der Waals surface area contributed by atoms with E-state index >= 15 is 0 Å². The number of piperidine rings is 1. The fourth-order valence-electron chi connectivity index (χ4n) is 4.66. The van der Waals surface area contributed by atoms with E-state index < -0.39 is 28.1 Å². The number of para-hydroxylation sites is 1. The SMILES string of the molecule is O=C(Nc1ccccc1S(=O)(=O)N1CCCCC1)NC(Cc1ccc(Oc2nccc3ccncc23)cc1)C(=O)O. The smallest absolute Gasteiger partial charge is 0.326 e. The van der Waals surface area contributed by atoms with Crippen LogP contribution in [-0.4, -0.2) is 58.9 Å². The Bertz CT molecular complexity index is 1650. The van der Waals surface area contributed by atoms with Crippen molar-refractivity contribution in [2.45, 2.75) is 36.6 Å². The number of fused-ring (bicyclic) bond motifs is 1. The first-order chi connectivity index (χ1) is 19.8. The van der Waals surface area contributed by atoms with Gasteiger partial charge in [-0.1, -0.05) is 30.7 Å². The van der Waals surface area contributed by atoms with Crippen molar-refractivity contribution in [2.75, 3.05) is 18.4 Å². The molecule has 0 spiro atoms. The number of aromatic nitrogens is 2. The summed E-state index contributed by atoms with van der Waals surface area (Å²) in [6.45, 7) is 0.840. The number of pyridine rings is 2. The first kappa shape index (κ1) is 28.0. The molecular weight excluding hydrogens is 546 g/mol. The number of benzene rings is 2. The van der Waals surface area contributed by atoms with Gasteiger partial charge in [-0.2, -0.15) is 4.31 Å². The summed E-state index contributed by atoms with van der Waals surface area (Å²) in [7, 11) is -3.82. The summed E-state index contributed by atoms with van der Waals surface area (Å²) in [6, 6.07) is 14.5. The van der Waals surface area contributed by atoms with E-state index in [-0.39, 0.29) is 17.0 Å². The highest BCUT2D eigenvalue weighted by Crippen LogP contribution is 2.28. The second-order valence-electron chi connectivity index (χ2n) is 9.61. The van der Waals surface area contributed by atoms with Crippen molar-refractivity contribution in [1.29, 1.82) is 0 Å². The second kappa shape index (κ2) is 12.3. The van der Waals surface area contributed by atoms with E-state index in [9.17, 15) is 23.1 Å². The highest BCUT2D eigenvalue weighted by molar-refractivity contribution is 7.89. The van der Waals surface area contributed by atoms with Gasteiger partial charge in [0.2, 0.25) is 15.9 Å². The molecular formula is C29H29N5O6S. The van der Waals surface area contributed by atoms with Crippen LogP contribution in [0.25, 0.3) is 10.8 Å². The minimum Gasteiger partial charge on any atom is -0.480 e. The number of hydrogen-bond acceptors (Lipinski definition) is 7. The van der Waals surface area contributed by atoms with Crippen LogP contribution in [0.5, 0.6) is 11.6 Å². The van der Waals surface area contributed by atoms with Crippen molar-refractivity contribution < 1.29 is 27.9 Å². The lowest BCUT2D eigenvalue weighted by molar-refractivity contribution is -0.139. The van der Waals surface area contributed by atoms with E-state index in [0.717, 1.165) is 30.0 Å². The third-order valence-corrected chi connectivity index (χ3v) is 8.74. The fourth-order valence-corrected chi connectivity index (χ4v) is 6.33. The number of hydrogen-bond donors (Lipinski definition) is 3. The summed E-state index contributed by atoms with van der Waals surface area (Å²) in [4.78, 5) is 33.1. The van der Waals surface area contributed by atoms with E-state index in [2.05, 4.69) is 20.6 Å². The van der Waals surface area contributed by atoms with Gasteiger partial charge in [0, 0.05) is 38.1 Å². The van der Waals surface area contributed by atoms with Crippen LogP contribution in [0.1, 0.15) is 24.8 Å². The van der Waals surface area contributed by atoms with Crippen LogP contribution in [0.15, 0.2) is 84.1 Å². The highest BCUT2D eigenvalue weighted by Gasteiger charge is 2.29. The standard InChI is InChI=1S/C29H29N5O6S/c35-28(36)25(18-20-8-10-22(11-9-20)40-27-23-19-30-14-12-21(23)13-15-31-27)33-29(37)32-24-6-2-3-7-26(24)41(38,39)34-16-4-1-5-17-34/h2-3,6-15,19,25H,1,4-5,16-18H2,(H,35,36)(H2,32,33,37). The number of carbonyl (C=O) groups excluding carboxylic acids is 1. The van der Waals surface area contributed by atoms with Crippen LogP contribution in [-0.2, 0) is 21.2 Å². The number of rotatable bonds is 9. The Hall–Kier alpha value is -4.55. The van der Waals surface area contributed by atoms with Crippen molar-refractivity contribution in [3.63, 3.8) is 0 Å². The monoisotopic (exact) mass is 575 g/mol. The number of aliphatic carboxylic acids is 1. The van der Waals surface area contributed by atoms with Crippen molar-refractivity contribution in [1.82, 2.24) is 19.6 Å². The third-order valence-electron chi connectivity index (χ3n) is 6.78. The maximum atomic E-state index is 13.2. The Labute approximate surface area is 237 Å². The van der Waals surface area contributed by atoms with Gasteiger partial charge < -0.3 is 20.5 Å². The number of carboxylic acids is 1. The maximum Gasteiger partial charge on any atom is 0.326 e. The van der Waals surface area contributed by atoms with Gasteiger partial charge in [-0.25, -0.2) is 23.0 Å². The number of carbonyl (C=O) groups is 2. The van der Waals surface area contributed by atoms with E-state index in [1.54, 1.807) is 55.0 Å². The molecule has 1 fully saturated rings. The molecule has 0 aliphatic carbocycles. The first-order valence-electron chi connectivity index (χ1n) is 13.2. The number of amides is 2. The van der Waals surface area contributed by atoms with E-state index in [1.807, 2.05) is 12.1 Å². The number of carboxylic acid groups (broad SMARTS) is 1. The zero-order chi connectivity index (χ0) is 28.8. The normalized spacial score (nSPS) is 14.7. The minimum absolute atomic E-state index is 0.00675. The van der Waals surface area contributed by atoms with Crippen LogP contribution in [0.2, 0.25) is 0 Å². The molecule has 1 atom stereocenters.